The van der Waals surface area contributed by atoms with Gasteiger partial charge in [-0.15, -0.1) is 0 Å². The zero-order valence-corrected chi connectivity index (χ0v) is 12.8. The van der Waals surface area contributed by atoms with Gasteiger partial charge in [0.15, 0.2) is 0 Å². The summed E-state index contributed by atoms with van der Waals surface area (Å²) in [5.74, 6) is 0.966. The normalized spacial score (nSPS) is 17.8. The predicted molar refractivity (Wildman–Crippen MR) is 82.4 cm³/mol. The molecule has 1 atom stereocenters. The van der Waals surface area contributed by atoms with Crippen molar-refractivity contribution in [2.24, 2.45) is 0 Å². The van der Waals surface area contributed by atoms with Crippen LogP contribution in [0.25, 0.3) is 0 Å². The van der Waals surface area contributed by atoms with Crippen LogP contribution in [0.5, 0.6) is 5.75 Å². The number of rotatable bonds is 8. The van der Waals surface area contributed by atoms with Crippen molar-refractivity contribution in [3.05, 3.63) is 29.3 Å². The number of fused-ring (bicyclic) bond motifs is 1. The molecule has 0 radical (unpaired) electrons. The third kappa shape index (κ3) is 4.22. The van der Waals surface area contributed by atoms with Crippen LogP contribution >= 0.6 is 0 Å². The minimum Gasteiger partial charge on any atom is -0.491 e. The molecule has 1 aromatic rings. The van der Waals surface area contributed by atoms with Gasteiger partial charge in [-0.05, 0) is 55.5 Å². The first-order valence-corrected chi connectivity index (χ1v) is 7.92. The van der Waals surface area contributed by atoms with Gasteiger partial charge in [-0.25, -0.2) is 0 Å². The molecule has 0 spiro atoms. The second-order valence-corrected chi connectivity index (χ2v) is 5.32. The van der Waals surface area contributed by atoms with Gasteiger partial charge < -0.3 is 14.8 Å². The van der Waals surface area contributed by atoms with Gasteiger partial charge in [0.25, 0.3) is 0 Å². The molecule has 1 aromatic carbocycles. The van der Waals surface area contributed by atoms with Gasteiger partial charge in [0, 0.05) is 12.6 Å². The second kappa shape index (κ2) is 8.28. The minimum atomic E-state index is 0.489. The van der Waals surface area contributed by atoms with E-state index in [1.54, 1.807) is 0 Å². The van der Waals surface area contributed by atoms with Crippen LogP contribution in [0.3, 0.4) is 0 Å². The molecule has 0 heterocycles. The number of hydrogen-bond donors (Lipinski definition) is 1. The quantitative estimate of drug-likeness (QED) is 0.738. The highest BCUT2D eigenvalue weighted by atomic mass is 16.5. The molecule has 0 amide bonds. The number of nitrogens with one attached hydrogen (secondary N) is 1. The van der Waals surface area contributed by atoms with Crippen LogP contribution in [0.1, 0.15) is 50.3 Å². The lowest BCUT2D eigenvalue weighted by atomic mass is 9.87. The van der Waals surface area contributed by atoms with E-state index in [-0.39, 0.29) is 0 Å². The molecule has 1 unspecified atom stereocenters. The maximum atomic E-state index is 5.79. The van der Waals surface area contributed by atoms with Crippen LogP contribution in [-0.4, -0.2) is 26.4 Å². The van der Waals surface area contributed by atoms with E-state index in [4.69, 9.17) is 9.47 Å². The molecule has 1 N–H and O–H groups in total. The molecular formula is C17H27NO2. The van der Waals surface area contributed by atoms with E-state index in [2.05, 4.69) is 37.4 Å². The summed E-state index contributed by atoms with van der Waals surface area (Å²) in [4.78, 5) is 0. The van der Waals surface area contributed by atoms with Gasteiger partial charge in [0.2, 0.25) is 0 Å². The van der Waals surface area contributed by atoms with E-state index in [0.717, 1.165) is 25.3 Å². The molecular weight excluding hydrogens is 250 g/mol. The Morgan fingerprint density at radius 3 is 2.90 bits per heavy atom. The summed E-state index contributed by atoms with van der Waals surface area (Å²) >= 11 is 0. The average Bonchev–Trinajstić information content (AvgIpc) is 2.48. The van der Waals surface area contributed by atoms with Crippen LogP contribution in [-0.2, 0) is 11.2 Å². The fraction of sp³-hybridized carbons (Fsp3) is 0.647. The highest BCUT2D eigenvalue weighted by Crippen LogP contribution is 2.32. The van der Waals surface area contributed by atoms with E-state index < -0.39 is 0 Å². The monoisotopic (exact) mass is 277 g/mol. The van der Waals surface area contributed by atoms with E-state index in [1.165, 1.54) is 30.4 Å². The summed E-state index contributed by atoms with van der Waals surface area (Å²) in [6.07, 6.45) is 4.75. The van der Waals surface area contributed by atoms with Crippen LogP contribution < -0.4 is 10.1 Å². The molecule has 20 heavy (non-hydrogen) atoms. The van der Waals surface area contributed by atoms with Crippen LogP contribution in [0.4, 0.5) is 0 Å². The van der Waals surface area contributed by atoms with Gasteiger partial charge in [-0.2, -0.15) is 0 Å². The number of hydrogen-bond acceptors (Lipinski definition) is 3. The standard InChI is InChI=1S/C17H27NO2/c1-3-10-19-11-12-20-15-9-8-14-6-5-7-17(18-4-2)16(14)13-15/h8-9,13,17-18H,3-7,10-12H2,1-2H3. The third-order valence-electron chi connectivity index (χ3n) is 3.73. The summed E-state index contributed by atoms with van der Waals surface area (Å²) in [6, 6.07) is 7.01. The van der Waals surface area contributed by atoms with Gasteiger partial charge in [-0.1, -0.05) is 19.9 Å². The van der Waals surface area contributed by atoms with Gasteiger partial charge >= 0.3 is 0 Å². The number of ether oxygens (including phenoxy) is 2. The molecule has 0 aromatic heterocycles. The largest absolute Gasteiger partial charge is 0.491 e. The van der Waals surface area contributed by atoms with Crippen LogP contribution in [0.15, 0.2) is 18.2 Å². The fourth-order valence-electron chi connectivity index (χ4n) is 2.79. The van der Waals surface area contributed by atoms with E-state index in [9.17, 15) is 0 Å². The lowest BCUT2D eigenvalue weighted by molar-refractivity contribution is 0.101. The van der Waals surface area contributed by atoms with Crippen molar-refractivity contribution in [3.63, 3.8) is 0 Å². The summed E-state index contributed by atoms with van der Waals surface area (Å²) in [7, 11) is 0. The van der Waals surface area contributed by atoms with Crippen molar-refractivity contribution in [2.75, 3.05) is 26.4 Å². The van der Waals surface area contributed by atoms with E-state index in [1.807, 2.05) is 0 Å². The highest BCUT2D eigenvalue weighted by Gasteiger charge is 2.19. The van der Waals surface area contributed by atoms with Crippen molar-refractivity contribution in [1.29, 1.82) is 0 Å². The van der Waals surface area contributed by atoms with Crippen molar-refractivity contribution in [2.45, 2.75) is 45.6 Å². The van der Waals surface area contributed by atoms with Crippen molar-refractivity contribution < 1.29 is 9.47 Å². The second-order valence-electron chi connectivity index (χ2n) is 5.32. The third-order valence-corrected chi connectivity index (χ3v) is 3.73. The molecule has 112 valence electrons. The lowest BCUT2D eigenvalue weighted by Crippen LogP contribution is -2.24. The Bertz CT molecular complexity index is 406. The van der Waals surface area contributed by atoms with Gasteiger partial charge in [0.05, 0.1) is 6.61 Å². The molecule has 3 heteroatoms. The first-order chi connectivity index (χ1) is 9.85. The van der Waals surface area contributed by atoms with Crippen molar-refractivity contribution >= 4 is 0 Å². The van der Waals surface area contributed by atoms with Gasteiger partial charge in [0.1, 0.15) is 12.4 Å². The minimum absolute atomic E-state index is 0.489. The van der Waals surface area contributed by atoms with Crippen molar-refractivity contribution in [3.8, 4) is 5.75 Å². The zero-order chi connectivity index (χ0) is 14.2. The predicted octanol–water partition coefficient (Wildman–Crippen LogP) is 3.48. The Kier molecular flexibility index (Phi) is 6.34. The van der Waals surface area contributed by atoms with Crippen molar-refractivity contribution in [1.82, 2.24) is 5.32 Å². The summed E-state index contributed by atoms with van der Waals surface area (Å²) < 4.78 is 11.2. The smallest absolute Gasteiger partial charge is 0.119 e. The Balaban J connectivity index is 1.93. The molecule has 1 aliphatic carbocycles. The van der Waals surface area contributed by atoms with Crippen LogP contribution in [0.2, 0.25) is 0 Å². The molecule has 3 nitrogen and oxygen atoms in total. The van der Waals surface area contributed by atoms with Gasteiger partial charge in [-0.3, -0.25) is 0 Å². The molecule has 0 saturated carbocycles. The van der Waals surface area contributed by atoms with Crippen LogP contribution in [0, 0.1) is 0 Å². The number of benzene rings is 1. The first-order valence-electron chi connectivity index (χ1n) is 7.92. The zero-order valence-electron chi connectivity index (χ0n) is 12.8. The molecule has 2 rings (SSSR count). The molecule has 1 aliphatic rings. The Hall–Kier alpha value is -1.06. The summed E-state index contributed by atoms with van der Waals surface area (Å²) in [6.45, 7) is 7.41. The molecule has 0 aliphatic heterocycles. The van der Waals surface area contributed by atoms with E-state index in [0.29, 0.717) is 19.3 Å². The first kappa shape index (κ1) is 15.3. The Morgan fingerprint density at radius 2 is 2.10 bits per heavy atom. The maximum absolute atomic E-state index is 5.79. The highest BCUT2D eigenvalue weighted by molar-refractivity contribution is 5.39. The summed E-state index contributed by atoms with van der Waals surface area (Å²) in [5, 5.41) is 3.57. The lowest BCUT2D eigenvalue weighted by Gasteiger charge is -2.26. The Labute approximate surface area is 122 Å². The topological polar surface area (TPSA) is 30.5 Å². The summed E-state index contributed by atoms with van der Waals surface area (Å²) in [5.41, 5.74) is 2.89. The fourth-order valence-corrected chi connectivity index (χ4v) is 2.79. The molecule has 0 fully saturated rings. The maximum Gasteiger partial charge on any atom is 0.119 e. The molecule has 0 bridgehead atoms. The number of aryl methyl sites for hydroxylation is 1. The Morgan fingerprint density at radius 1 is 1.20 bits per heavy atom. The average molecular weight is 277 g/mol. The van der Waals surface area contributed by atoms with E-state index >= 15 is 0 Å². The molecule has 0 saturated heterocycles. The SMILES string of the molecule is CCCOCCOc1ccc2c(c1)C(NCC)CCC2.